The van der Waals surface area contributed by atoms with Crippen LogP contribution in [0.2, 0.25) is 0 Å². The number of aromatic amines is 1. The van der Waals surface area contributed by atoms with Crippen LogP contribution in [0.5, 0.6) is 0 Å². The van der Waals surface area contributed by atoms with Crippen LogP contribution < -0.4 is 5.56 Å². The van der Waals surface area contributed by atoms with Crippen molar-refractivity contribution in [3.63, 3.8) is 0 Å². The van der Waals surface area contributed by atoms with E-state index in [1.165, 1.54) is 0 Å². The van der Waals surface area contributed by atoms with Crippen molar-refractivity contribution in [2.24, 2.45) is 0 Å². The molecule has 1 aromatic carbocycles. The summed E-state index contributed by atoms with van der Waals surface area (Å²) < 4.78 is 14.0. The fraction of sp³-hybridized carbons (Fsp3) is 0.308. The molecule has 0 radical (unpaired) electrons. The van der Waals surface area contributed by atoms with Gasteiger partial charge in [-0.25, -0.2) is 4.39 Å². The highest BCUT2D eigenvalue weighted by Gasteiger charge is 2.22. The largest absolute Gasteiger partial charge is 0.392 e. The number of aliphatic hydroxyl groups excluding tert-OH is 1. The highest BCUT2D eigenvalue weighted by Crippen LogP contribution is 2.33. The number of H-pyrrole nitrogens is 1. The molecular formula is C13H12FNO2. The van der Waals surface area contributed by atoms with E-state index in [0.29, 0.717) is 5.56 Å². The summed E-state index contributed by atoms with van der Waals surface area (Å²) in [7, 11) is 0. The Kier molecular flexibility index (Phi) is 2.10. The summed E-state index contributed by atoms with van der Waals surface area (Å²) in [5, 5.41) is 9.94. The van der Waals surface area contributed by atoms with Gasteiger partial charge in [0.1, 0.15) is 0 Å². The van der Waals surface area contributed by atoms with Crippen LogP contribution >= 0.6 is 0 Å². The third-order valence-electron chi connectivity index (χ3n) is 3.57. The zero-order valence-electron chi connectivity index (χ0n) is 9.43. The van der Waals surface area contributed by atoms with Crippen molar-refractivity contribution >= 4 is 10.9 Å². The number of aryl methyl sites for hydroxylation is 2. The second kappa shape index (κ2) is 3.40. The molecule has 0 saturated carbocycles. The Morgan fingerprint density at radius 1 is 1.47 bits per heavy atom. The lowest BCUT2D eigenvalue weighted by Gasteiger charge is -2.08. The van der Waals surface area contributed by atoms with Gasteiger partial charge in [0.25, 0.3) is 5.56 Å². The van der Waals surface area contributed by atoms with Crippen molar-refractivity contribution in [1.29, 1.82) is 0 Å². The second-order valence-corrected chi connectivity index (χ2v) is 4.47. The van der Waals surface area contributed by atoms with Gasteiger partial charge in [0.2, 0.25) is 0 Å². The summed E-state index contributed by atoms with van der Waals surface area (Å²) >= 11 is 0. The maximum Gasteiger partial charge on any atom is 0.251 e. The van der Waals surface area contributed by atoms with E-state index in [4.69, 9.17) is 5.11 Å². The van der Waals surface area contributed by atoms with Crippen LogP contribution in [0.25, 0.3) is 10.9 Å². The van der Waals surface area contributed by atoms with Gasteiger partial charge in [-0.2, -0.15) is 0 Å². The van der Waals surface area contributed by atoms with Gasteiger partial charge in [0, 0.05) is 16.5 Å². The van der Waals surface area contributed by atoms with Gasteiger partial charge in [-0.1, -0.05) is 0 Å². The summed E-state index contributed by atoms with van der Waals surface area (Å²) in [6.45, 7) is 1.42. The molecular weight excluding hydrogens is 221 g/mol. The maximum absolute atomic E-state index is 14.0. The van der Waals surface area contributed by atoms with E-state index in [1.54, 1.807) is 13.0 Å². The minimum atomic E-state index is -0.508. The quantitative estimate of drug-likeness (QED) is 0.785. The van der Waals surface area contributed by atoms with Crippen molar-refractivity contribution in [3.05, 3.63) is 44.5 Å². The number of hydrogen-bond donors (Lipinski definition) is 2. The molecule has 1 aliphatic rings. The smallest absolute Gasteiger partial charge is 0.251 e. The maximum atomic E-state index is 14.0. The number of aliphatic hydroxyl groups is 1. The van der Waals surface area contributed by atoms with E-state index in [0.717, 1.165) is 29.4 Å². The van der Waals surface area contributed by atoms with Crippen molar-refractivity contribution in [3.8, 4) is 0 Å². The normalized spacial score (nSPS) is 13.6. The molecule has 0 unspecified atom stereocenters. The van der Waals surface area contributed by atoms with Gasteiger partial charge in [0.15, 0.2) is 5.82 Å². The Bertz CT molecular complexity index is 688. The molecule has 88 valence electrons. The Hall–Kier alpha value is -1.68. The zero-order chi connectivity index (χ0) is 12.2. The topological polar surface area (TPSA) is 53.1 Å². The lowest BCUT2D eigenvalue weighted by Crippen LogP contribution is -2.13. The van der Waals surface area contributed by atoms with E-state index >= 15 is 0 Å². The first-order valence-corrected chi connectivity index (χ1v) is 5.60. The summed E-state index contributed by atoms with van der Waals surface area (Å²) in [4.78, 5) is 14.3. The van der Waals surface area contributed by atoms with Gasteiger partial charge in [-0.15, -0.1) is 0 Å². The SMILES string of the molecule is Cc1c2c3c(cc(CO)c(F)c3[nH]c1=O)CC2. The van der Waals surface area contributed by atoms with Crippen LogP contribution in [0.3, 0.4) is 0 Å². The van der Waals surface area contributed by atoms with E-state index < -0.39 is 5.82 Å². The van der Waals surface area contributed by atoms with Gasteiger partial charge < -0.3 is 10.1 Å². The van der Waals surface area contributed by atoms with E-state index in [-0.39, 0.29) is 23.2 Å². The van der Waals surface area contributed by atoms with Crippen LogP contribution in [-0.4, -0.2) is 10.1 Å². The van der Waals surface area contributed by atoms with Gasteiger partial charge >= 0.3 is 0 Å². The van der Waals surface area contributed by atoms with Gasteiger partial charge in [-0.3, -0.25) is 4.79 Å². The fourth-order valence-electron chi connectivity index (χ4n) is 2.65. The molecule has 2 aromatic rings. The molecule has 1 aliphatic carbocycles. The number of nitrogens with one attached hydrogen (secondary N) is 1. The Balaban J connectivity index is 2.55. The Morgan fingerprint density at radius 2 is 2.24 bits per heavy atom. The lowest BCUT2D eigenvalue weighted by molar-refractivity contribution is 0.276. The standard InChI is InChI=1S/C13H12FNO2/c1-6-9-3-2-7-4-8(5-16)11(14)12(10(7)9)15-13(6)17/h4,16H,2-3,5H2,1H3,(H,15,17). The number of pyridine rings is 1. The average molecular weight is 233 g/mol. The molecule has 1 heterocycles. The summed E-state index contributed by atoms with van der Waals surface area (Å²) in [5.74, 6) is -0.508. The minimum Gasteiger partial charge on any atom is -0.392 e. The number of benzene rings is 1. The van der Waals surface area contributed by atoms with Crippen LogP contribution in [0, 0.1) is 12.7 Å². The van der Waals surface area contributed by atoms with Gasteiger partial charge in [-0.05, 0) is 37.0 Å². The van der Waals surface area contributed by atoms with Crippen molar-refractivity contribution < 1.29 is 9.50 Å². The molecule has 0 saturated heterocycles. The fourth-order valence-corrected chi connectivity index (χ4v) is 2.65. The van der Waals surface area contributed by atoms with Crippen molar-refractivity contribution in [2.75, 3.05) is 0 Å². The third kappa shape index (κ3) is 1.27. The van der Waals surface area contributed by atoms with E-state index in [9.17, 15) is 9.18 Å². The molecule has 17 heavy (non-hydrogen) atoms. The Labute approximate surface area is 96.9 Å². The summed E-state index contributed by atoms with van der Waals surface area (Å²) in [6, 6.07) is 1.70. The predicted molar refractivity (Wildman–Crippen MR) is 62.6 cm³/mol. The monoisotopic (exact) mass is 233 g/mol. The minimum absolute atomic E-state index is 0.241. The molecule has 0 atom stereocenters. The molecule has 0 spiro atoms. The van der Waals surface area contributed by atoms with Crippen LogP contribution in [0.1, 0.15) is 22.3 Å². The number of halogens is 1. The molecule has 0 fully saturated rings. The van der Waals surface area contributed by atoms with E-state index in [2.05, 4.69) is 4.98 Å². The zero-order valence-corrected chi connectivity index (χ0v) is 9.43. The van der Waals surface area contributed by atoms with Crippen molar-refractivity contribution in [2.45, 2.75) is 26.4 Å². The molecule has 0 bridgehead atoms. The van der Waals surface area contributed by atoms with Crippen LogP contribution in [0.4, 0.5) is 4.39 Å². The van der Waals surface area contributed by atoms with Crippen molar-refractivity contribution in [1.82, 2.24) is 4.98 Å². The predicted octanol–water partition coefficient (Wildman–Crippen LogP) is 1.57. The van der Waals surface area contributed by atoms with Crippen LogP contribution in [0.15, 0.2) is 10.9 Å². The van der Waals surface area contributed by atoms with Crippen LogP contribution in [-0.2, 0) is 19.4 Å². The van der Waals surface area contributed by atoms with E-state index in [1.807, 2.05) is 0 Å². The highest BCUT2D eigenvalue weighted by atomic mass is 19.1. The first kappa shape index (κ1) is 10.5. The molecule has 1 aromatic heterocycles. The number of rotatable bonds is 1. The molecule has 4 heteroatoms. The molecule has 0 aliphatic heterocycles. The molecule has 0 amide bonds. The first-order chi connectivity index (χ1) is 8.13. The molecule has 3 nitrogen and oxygen atoms in total. The van der Waals surface area contributed by atoms with Gasteiger partial charge in [0.05, 0.1) is 12.1 Å². The summed E-state index contributed by atoms with van der Waals surface area (Å²) in [5.41, 5.74) is 2.89. The third-order valence-corrected chi connectivity index (χ3v) is 3.57. The Morgan fingerprint density at radius 3 is 2.94 bits per heavy atom. The molecule has 2 N–H and O–H groups in total. The first-order valence-electron chi connectivity index (χ1n) is 5.60. The lowest BCUT2D eigenvalue weighted by atomic mass is 10.0. The number of hydrogen-bond acceptors (Lipinski definition) is 2. The average Bonchev–Trinajstić information content (AvgIpc) is 2.74. The highest BCUT2D eigenvalue weighted by molar-refractivity contribution is 5.89. The number of aromatic nitrogens is 1. The molecule has 3 rings (SSSR count). The summed E-state index contributed by atoms with van der Waals surface area (Å²) in [6.07, 6.45) is 1.58. The second-order valence-electron chi connectivity index (χ2n) is 4.47.